The van der Waals surface area contributed by atoms with Crippen LogP contribution in [0.3, 0.4) is 0 Å². The average molecular weight is 311 g/mol. The van der Waals surface area contributed by atoms with Crippen molar-refractivity contribution in [3.05, 3.63) is 30.5 Å². The summed E-state index contributed by atoms with van der Waals surface area (Å²) >= 11 is 0. The van der Waals surface area contributed by atoms with Gasteiger partial charge in [0, 0.05) is 32.2 Å². The maximum atomic E-state index is 12.0. The van der Waals surface area contributed by atoms with E-state index in [-0.39, 0.29) is 17.6 Å². The molecule has 0 saturated heterocycles. The standard InChI is InChI=1S/C12H17N5O3S/c1-10-16-11(9-17(10)2)21(18,19)15-7-4-8-20-12-13-5-3-6-14-12/h3,5-6,9,15H,4,7-8H2,1-2H3. The van der Waals surface area contributed by atoms with Crippen molar-refractivity contribution in [2.75, 3.05) is 13.2 Å². The highest BCUT2D eigenvalue weighted by Gasteiger charge is 2.17. The van der Waals surface area contributed by atoms with Gasteiger partial charge < -0.3 is 9.30 Å². The first-order valence-corrected chi connectivity index (χ1v) is 7.87. The molecular weight excluding hydrogens is 294 g/mol. The Labute approximate surface area is 123 Å². The lowest BCUT2D eigenvalue weighted by atomic mass is 10.5. The Morgan fingerprint density at radius 3 is 2.67 bits per heavy atom. The SMILES string of the molecule is Cc1nc(S(=O)(=O)NCCCOc2ncccn2)cn1C. The van der Waals surface area contributed by atoms with Gasteiger partial charge in [0.25, 0.3) is 10.0 Å². The second-order valence-corrected chi connectivity index (χ2v) is 6.08. The molecule has 0 saturated carbocycles. The summed E-state index contributed by atoms with van der Waals surface area (Å²) in [5.41, 5.74) is 0. The molecule has 0 aliphatic heterocycles. The van der Waals surface area contributed by atoms with Gasteiger partial charge in [0.05, 0.1) is 6.61 Å². The van der Waals surface area contributed by atoms with Gasteiger partial charge in [-0.25, -0.2) is 28.1 Å². The highest BCUT2D eigenvalue weighted by molar-refractivity contribution is 7.89. The molecule has 0 aliphatic carbocycles. The molecule has 0 radical (unpaired) electrons. The Morgan fingerprint density at radius 1 is 1.33 bits per heavy atom. The maximum absolute atomic E-state index is 12.0. The van der Waals surface area contributed by atoms with Crippen molar-refractivity contribution in [1.82, 2.24) is 24.2 Å². The quantitative estimate of drug-likeness (QED) is 0.737. The van der Waals surface area contributed by atoms with Gasteiger partial charge in [0.15, 0.2) is 5.03 Å². The third-order valence-electron chi connectivity index (χ3n) is 2.75. The fourth-order valence-electron chi connectivity index (χ4n) is 1.53. The first-order valence-electron chi connectivity index (χ1n) is 6.38. The van der Waals surface area contributed by atoms with Crippen molar-refractivity contribution < 1.29 is 13.2 Å². The van der Waals surface area contributed by atoms with Gasteiger partial charge in [0.1, 0.15) is 5.82 Å². The summed E-state index contributed by atoms with van der Waals surface area (Å²) in [4.78, 5) is 11.8. The van der Waals surface area contributed by atoms with Crippen LogP contribution in [0.5, 0.6) is 6.01 Å². The predicted octanol–water partition coefficient (Wildman–Crippen LogP) is 0.266. The Kier molecular flexibility index (Phi) is 4.86. The number of imidazole rings is 1. The van der Waals surface area contributed by atoms with Gasteiger partial charge >= 0.3 is 6.01 Å². The zero-order chi connectivity index (χ0) is 15.3. The average Bonchev–Trinajstić information content (AvgIpc) is 2.80. The van der Waals surface area contributed by atoms with E-state index in [4.69, 9.17) is 4.74 Å². The van der Waals surface area contributed by atoms with Crippen LogP contribution in [0, 0.1) is 6.92 Å². The fraction of sp³-hybridized carbons (Fsp3) is 0.417. The molecule has 0 bridgehead atoms. The molecule has 0 aliphatic rings. The largest absolute Gasteiger partial charge is 0.463 e. The summed E-state index contributed by atoms with van der Waals surface area (Å²) in [5.74, 6) is 0.639. The van der Waals surface area contributed by atoms with Crippen molar-refractivity contribution in [3.8, 4) is 6.01 Å². The molecule has 8 nitrogen and oxygen atoms in total. The van der Waals surface area contributed by atoms with E-state index in [0.717, 1.165) is 0 Å². The molecule has 0 spiro atoms. The summed E-state index contributed by atoms with van der Waals surface area (Å²) in [5, 5.41) is 0.0230. The van der Waals surface area contributed by atoms with Crippen LogP contribution in [0.1, 0.15) is 12.2 Å². The highest BCUT2D eigenvalue weighted by Crippen LogP contribution is 2.07. The van der Waals surface area contributed by atoms with Crippen LogP contribution < -0.4 is 9.46 Å². The molecule has 1 N–H and O–H groups in total. The molecule has 0 atom stereocenters. The zero-order valence-electron chi connectivity index (χ0n) is 11.9. The second-order valence-electron chi connectivity index (χ2n) is 4.37. The lowest BCUT2D eigenvalue weighted by molar-refractivity contribution is 0.287. The third-order valence-corrected chi connectivity index (χ3v) is 4.08. The molecule has 114 valence electrons. The molecule has 0 amide bonds. The molecule has 0 aromatic carbocycles. The van der Waals surface area contributed by atoms with E-state index in [0.29, 0.717) is 18.9 Å². The third kappa shape index (κ3) is 4.23. The van der Waals surface area contributed by atoms with E-state index in [1.165, 1.54) is 6.20 Å². The minimum Gasteiger partial charge on any atom is -0.463 e. The maximum Gasteiger partial charge on any atom is 0.316 e. The van der Waals surface area contributed by atoms with Gasteiger partial charge in [-0.15, -0.1) is 0 Å². The van der Waals surface area contributed by atoms with Crippen molar-refractivity contribution in [3.63, 3.8) is 0 Å². The van der Waals surface area contributed by atoms with Crippen molar-refractivity contribution in [2.24, 2.45) is 7.05 Å². The Bertz CT molecular complexity index is 665. The number of hydrogen-bond acceptors (Lipinski definition) is 6. The molecule has 2 aromatic rings. The van der Waals surface area contributed by atoms with Gasteiger partial charge in [-0.3, -0.25) is 0 Å². The number of sulfonamides is 1. The number of hydrogen-bond donors (Lipinski definition) is 1. The van der Waals surface area contributed by atoms with E-state index in [1.54, 1.807) is 37.0 Å². The Hall–Kier alpha value is -2.00. The Balaban J connectivity index is 1.77. The molecule has 2 heterocycles. The van der Waals surface area contributed by atoms with Crippen LogP contribution in [-0.4, -0.2) is 41.1 Å². The first-order chi connectivity index (χ1) is 9.99. The van der Waals surface area contributed by atoms with Gasteiger partial charge in [-0.1, -0.05) is 0 Å². The summed E-state index contributed by atoms with van der Waals surface area (Å²) < 4.78 is 33.4. The molecule has 21 heavy (non-hydrogen) atoms. The van der Waals surface area contributed by atoms with Gasteiger partial charge in [-0.2, -0.15) is 0 Å². The Morgan fingerprint density at radius 2 is 2.05 bits per heavy atom. The summed E-state index contributed by atoms with van der Waals surface area (Å²) in [7, 11) is -1.83. The zero-order valence-corrected chi connectivity index (χ0v) is 12.7. The monoisotopic (exact) mass is 311 g/mol. The summed E-state index contributed by atoms with van der Waals surface area (Å²) in [6.07, 6.45) is 5.14. The van der Waals surface area contributed by atoms with Crippen LogP contribution in [0.15, 0.2) is 29.7 Å². The molecule has 2 rings (SSSR count). The van der Waals surface area contributed by atoms with Gasteiger partial charge in [0.2, 0.25) is 0 Å². The number of aryl methyl sites for hydroxylation is 2. The van der Waals surface area contributed by atoms with Crippen LogP contribution in [0.25, 0.3) is 0 Å². The number of ether oxygens (including phenoxy) is 1. The van der Waals surface area contributed by atoms with E-state index in [9.17, 15) is 8.42 Å². The van der Waals surface area contributed by atoms with E-state index >= 15 is 0 Å². The minimum atomic E-state index is -3.58. The summed E-state index contributed by atoms with van der Waals surface area (Å²) in [6, 6.07) is 1.97. The number of nitrogens with one attached hydrogen (secondary N) is 1. The minimum absolute atomic E-state index is 0.0230. The lowest BCUT2D eigenvalue weighted by Crippen LogP contribution is -2.26. The fourth-order valence-corrected chi connectivity index (χ4v) is 2.64. The van der Waals surface area contributed by atoms with Crippen molar-refractivity contribution >= 4 is 10.0 Å². The topological polar surface area (TPSA) is 99.0 Å². The number of aromatic nitrogens is 4. The smallest absolute Gasteiger partial charge is 0.316 e. The van der Waals surface area contributed by atoms with Gasteiger partial charge in [-0.05, 0) is 19.4 Å². The van der Waals surface area contributed by atoms with E-state index in [1.807, 2.05) is 0 Å². The van der Waals surface area contributed by atoms with Crippen molar-refractivity contribution in [2.45, 2.75) is 18.4 Å². The summed E-state index contributed by atoms with van der Waals surface area (Å²) in [6.45, 7) is 2.32. The first kappa shape index (κ1) is 15.4. The number of nitrogens with zero attached hydrogens (tertiary/aromatic N) is 4. The second kappa shape index (κ2) is 6.64. The molecule has 2 aromatic heterocycles. The predicted molar refractivity (Wildman–Crippen MR) is 75.3 cm³/mol. The van der Waals surface area contributed by atoms with Crippen LogP contribution in [0.2, 0.25) is 0 Å². The number of rotatable bonds is 7. The van der Waals surface area contributed by atoms with Crippen LogP contribution in [0.4, 0.5) is 0 Å². The van der Waals surface area contributed by atoms with E-state index < -0.39 is 10.0 Å². The normalized spacial score (nSPS) is 11.5. The van der Waals surface area contributed by atoms with Crippen molar-refractivity contribution in [1.29, 1.82) is 0 Å². The highest BCUT2D eigenvalue weighted by atomic mass is 32.2. The van der Waals surface area contributed by atoms with Crippen LogP contribution >= 0.6 is 0 Å². The van der Waals surface area contributed by atoms with E-state index in [2.05, 4.69) is 19.7 Å². The van der Waals surface area contributed by atoms with Crippen LogP contribution in [-0.2, 0) is 17.1 Å². The lowest BCUT2D eigenvalue weighted by Gasteiger charge is -2.05. The molecular formula is C12H17N5O3S. The molecule has 0 fully saturated rings. The molecule has 9 heteroatoms. The molecule has 0 unspecified atom stereocenters.